The molecule has 128 valence electrons. The molecule has 0 aliphatic carbocycles. The van der Waals surface area contributed by atoms with E-state index in [1.165, 1.54) is 24.5 Å². The van der Waals surface area contributed by atoms with Crippen molar-refractivity contribution in [2.24, 2.45) is 0 Å². The number of amides is 1. The Morgan fingerprint density at radius 1 is 1.25 bits per heavy atom. The van der Waals surface area contributed by atoms with Crippen LogP contribution in [0.4, 0.5) is 24.8 Å². The summed E-state index contributed by atoms with van der Waals surface area (Å²) in [5.74, 6) is -0.277. The summed E-state index contributed by atoms with van der Waals surface area (Å²) in [5, 5.41) is 5.26. The van der Waals surface area contributed by atoms with Crippen LogP contribution in [0, 0.1) is 0 Å². The normalized spacial score (nSPS) is 11.2. The van der Waals surface area contributed by atoms with Gasteiger partial charge in [-0.2, -0.15) is 13.2 Å². The van der Waals surface area contributed by atoms with Crippen LogP contribution in [0.3, 0.4) is 0 Å². The highest BCUT2D eigenvalue weighted by molar-refractivity contribution is 6.03. The first-order chi connectivity index (χ1) is 11.4. The van der Waals surface area contributed by atoms with E-state index in [0.29, 0.717) is 19.1 Å². The number of aromatic nitrogens is 2. The van der Waals surface area contributed by atoms with Crippen molar-refractivity contribution in [3.05, 3.63) is 47.8 Å². The quantitative estimate of drug-likeness (QED) is 0.791. The second-order valence-corrected chi connectivity index (χ2v) is 4.75. The lowest BCUT2D eigenvalue weighted by atomic mass is 10.2. The number of rotatable bonds is 6. The van der Waals surface area contributed by atoms with E-state index in [2.05, 4.69) is 20.6 Å². The maximum Gasteiger partial charge on any atom is 0.416 e. The van der Waals surface area contributed by atoms with Gasteiger partial charge in [0.25, 0.3) is 5.91 Å². The Balaban J connectivity index is 2.02. The standard InChI is InChI=1S/C15H15F3N4O2/c1-24-6-5-19-14-20-8-10(9-21-14)13(23)22-12-4-2-3-11(7-12)15(16,17)18/h2-4,7-9H,5-6H2,1H3,(H,22,23)(H,19,20,21). The van der Waals surface area contributed by atoms with Gasteiger partial charge in [0.2, 0.25) is 5.95 Å². The number of halogens is 3. The molecule has 1 aromatic heterocycles. The minimum Gasteiger partial charge on any atom is -0.383 e. The van der Waals surface area contributed by atoms with E-state index < -0.39 is 17.6 Å². The molecule has 9 heteroatoms. The smallest absolute Gasteiger partial charge is 0.383 e. The third-order valence-electron chi connectivity index (χ3n) is 2.95. The number of ether oxygens (including phenoxy) is 1. The fourth-order valence-corrected chi connectivity index (χ4v) is 1.78. The zero-order valence-corrected chi connectivity index (χ0v) is 12.7. The number of carbonyl (C=O) groups excluding carboxylic acids is 1. The molecule has 1 aromatic carbocycles. The Morgan fingerprint density at radius 2 is 1.96 bits per heavy atom. The van der Waals surface area contributed by atoms with Gasteiger partial charge < -0.3 is 15.4 Å². The van der Waals surface area contributed by atoms with Gasteiger partial charge >= 0.3 is 6.18 Å². The predicted molar refractivity (Wildman–Crippen MR) is 81.8 cm³/mol. The number of nitrogens with one attached hydrogen (secondary N) is 2. The van der Waals surface area contributed by atoms with Crippen molar-refractivity contribution in [2.45, 2.75) is 6.18 Å². The van der Waals surface area contributed by atoms with Crippen molar-refractivity contribution in [1.82, 2.24) is 9.97 Å². The second-order valence-electron chi connectivity index (χ2n) is 4.75. The van der Waals surface area contributed by atoms with E-state index in [4.69, 9.17) is 4.74 Å². The summed E-state index contributed by atoms with van der Waals surface area (Å²) in [5.41, 5.74) is -0.670. The van der Waals surface area contributed by atoms with E-state index in [-0.39, 0.29) is 11.3 Å². The average Bonchev–Trinajstić information content (AvgIpc) is 2.55. The highest BCUT2D eigenvalue weighted by Gasteiger charge is 2.30. The molecule has 2 N–H and O–H groups in total. The lowest BCUT2D eigenvalue weighted by Gasteiger charge is -2.10. The van der Waals surface area contributed by atoms with Crippen molar-refractivity contribution in [1.29, 1.82) is 0 Å². The summed E-state index contributed by atoms with van der Waals surface area (Å²) >= 11 is 0. The van der Waals surface area contributed by atoms with Crippen LogP contribution in [0.25, 0.3) is 0 Å². The summed E-state index contributed by atoms with van der Waals surface area (Å²) < 4.78 is 42.8. The van der Waals surface area contributed by atoms with Crippen molar-refractivity contribution >= 4 is 17.5 Å². The Hall–Kier alpha value is -2.68. The first-order valence-corrected chi connectivity index (χ1v) is 6.93. The van der Waals surface area contributed by atoms with E-state index >= 15 is 0 Å². The first kappa shape index (κ1) is 17.7. The molecule has 2 aromatic rings. The molecule has 0 atom stereocenters. The molecule has 24 heavy (non-hydrogen) atoms. The van der Waals surface area contributed by atoms with Crippen LogP contribution in [0.15, 0.2) is 36.7 Å². The zero-order chi connectivity index (χ0) is 17.6. The molecule has 1 heterocycles. The molecule has 1 amide bonds. The molecule has 6 nitrogen and oxygen atoms in total. The van der Waals surface area contributed by atoms with Crippen LogP contribution in [0.1, 0.15) is 15.9 Å². The predicted octanol–water partition coefficient (Wildman–Crippen LogP) is 2.81. The molecule has 0 aliphatic heterocycles. The molecule has 0 saturated carbocycles. The van der Waals surface area contributed by atoms with Crippen molar-refractivity contribution in [3.63, 3.8) is 0 Å². The third kappa shape index (κ3) is 4.92. The Kier molecular flexibility index (Phi) is 5.69. The fourth-order valence-electron chi connectivity index (χ4n) is 1.78. The number of carbonyl (C=O) groups is 1. The summed E-state index contributed by atoms with van der Waals surface area (Å²) in [6, 6.07) is 4.38. The highest BCUT2D eigenvalue weighted by atomic mass is 19.4. The Bertz CT molecular complexity index is 690. The van der Waals surface area contributed by atoms with Crippen molar-refractivity contribution in [3.8, 4) is 0 Å². The van der Waals surface area contributed by atoms with Crippen LogP contribution >= 0.6 is 0 Å². The summed E-state index contributed by atoms with van der Waals surface area (Å²) in [6.45, 7) is 0.980. The zero-order valence-electron chi connectivity index (χ0n) is 12.7. The molecule has 0 bridgehead atoms. The number of methoxy groups -OCH3 is 1. The van der Waals surface area contributed by atoms with E-state index in [1.807, 2.05) is 0 Å². The molecule has 0 fully saturated rings. The molecule has 0 radical (unpaired) electrons. The minimum absolute atomic E-state index is 0.0390. The van der Waals surface area contributed by atoms with Crippen LogP contribution in [0.2, 0.25) is 0 Å². The summed E-state index contributed by atoms with van der Waals surface area (Å²) in [4.78, 5) is 19.9. The van der Waals surface area contributed by atoms with Gasteiger partial charge in [-0.25, -0.2) is 9.97 Å². The minimum atomic E-state index is -4.47. The van der Waals surface area contributed by atoms with Gasteiger partial charge in [-0.1, -0.05) is 6.07 Å². The number of hydrogen-bond acceptors (Lipinski definition) is 5. The molecule has 0 spiro atoms. The SMILES string of the molecule is COCCNc1ncc(C(=O)Nc2cccc(C(F)(F)F)c2)cn1. The number of alkyl halides is 3. The van der Waals surface area contributed by atoms with Gasteiger partial charge in [-0.15, -0.1) is 0 Å². The van der Waals surface area contributed by atoms with Crippen LogP contribution in [-0.2, 0) is 10.9 Å². The van der Waals surface area contributed by atoms with Crippen LogP contribution in [0.5, 0.6) is 0 Å². The van der Waals surface area contributed by atoms with E-state index in [1.54, 1.807) is 7.11 Å². The molecule has 0 unspecified atom stereocenters. The number of nitrogens with zero attached hydrogens (tertiary/aromatic N) is 2. The van der Waals surface area contributed by atoms with E-state index in [9.17, 15) is 18.0 Å². The topological polar surface area (TPSA) is 76.1 Å². The van der Waals surface area contributed by atoms with Gasteiger partial charge in [0, 0.05) is 31.7 Å². The van der Waals surface area contributed by atoms with E-state index in [0.717, 1.165) is 12.1 Å². The summed E-state index contributed by atoms with van der Waals surface area (Å²) in [7, 11) is 1.56. The number of benzene rings is 1. The largest absolute Gasteiger partial charge is 0.416 e. The highest BCUT2D eigenvalue weighted by Crippen LogP contribution is 2.30. The Labute approximate surface area is 136 Å². The maximum absolute atomic E-state index is 12.7. The monoisotopic (exact) mass is 340 g/mol. The van der Waals surface area contributed by atoms with Crippen molar-refractivity contribution in [2.75, 3.05) is 30.9 Å². The summed E-state index contributed by atoms with van der Waals surface area (Å²) in [6.07, 6.45) is -1.91. The lowest BCUT2D eigenvalue weighted by molar-refractivity contribution is -0.137. The van der Waals surface area contributed by atoms with Crippen LogP contribution in [-0.4, -0.2) is 36.1 Å². The van der Waals surface area contributed by atoms with Gasteiger partial charge in [0.1, 0.15) is 0 Å². The molecule has 0 aliphatic rings. The molecule has 0 saturated heterocycles. The second kappa shape index (κ2) is 7.73. The molecular weight excluding hydrogens is 325 g/mol. The van der Waals surface area contributed by atoms with Crippen molar-refractivity contribution < 1.29 is 22.7 Å². The average molecular weight is 340 g/mol. The van der Waals surface area contributed by atoms with Gasteiger partial charge in [-0.3, -0.25) is 4.79 Å². The van der Waals surface area contributed by atoms with Gasteiger partial charge in [0.05, 0.1) is 17.7 Å². The van der Waals surface area contributed by atoms with Crippen LogP contribution < -0.4 is 10.6 Å². The van der Waals surface area contributed by atoms with Gasteiger partial charge in [0.15, 0.2) is 0 Å². The number of hydrogen-bond donors (Lipinski definition) is 2. The molecular formula is C15H15F3N4O2. The number of anilines is 2. The lowest BCUT2D eigenvalue weighted by Crippen LogP contribution is -2.15. The molecule has 2 rings (SSSR count). The Morgan fingerprint density at radius 3 is 2.58 bits per heavy atom. The fraction of sp³-hybridized carbons (Fsp3) is 0.267. The van der Waals surface area contributed by atoms with Gasteiger partial charge in [-0.05, 0) is 18.2 Å². The maximum atomic E-state index is 12.7. The first-order valence-electron chi connectivity index (χ1n) is 6.93. The third-order valence-corrected chi connectivity index (χ3v) is 2.95.